The highest BCUT2D eigenvalue weighted by Crippen LogP contribution is 2.24. The van der Waals surface area contributed by atoms with Crippen LogP contribution in [0.4, 0.5) is 0 Å². The number of hydrogen-bond donors (Lipinski definition) is 1. The highest BCUT2D eigenvalue weighted by molar-refractivity contribution is 6.06. The zero-order valence-electron chi connectivity index (χ0n) is 13.8. The van der Waals surface area contributed by atoms with Crippen LogP contribution in [-0.2, 0) is 0 Å². The first-order chi connectivity index (χ1) is 12.4. The number of nitrogens with zero attached hydrogens (tertiary/aromatic N) is 2. The summed E-state index contributed by atoms with van der Waals surface area (Å²) in [6, 6.07) is 28.2. The Kier molecular flexibility index (Phi) is 5.90. The summed E-state index contributed by atoms with van der Waals surface area (Å²) in [5.41, 5.74) is 2.42. The van der Waals surface area contributed by atoms with E-state index in [9.17, 15) is 0 Å². The molecule has 0 spiro atoms. The van der Waals surface area contributed by atoms with E-state index in [1.165, 1.54) is 21.8 Å². The lowest BCUT2D eigenvalue weighted by molar-refractivity contribution is 1.33. The van der Waals surface area contributed by atoms with Crippen molar-refractivity contribution in [2.24, 2.45) is 0 Å². The van der Waals surface area contributed by atoms with E-state index in [1.54, 1.807) is 24.8 Å². The summed E-state index contributed by atoms with van der Waals surface area (Å²) in [7, 11) is 0. The Morgan fingerprint density at radius 2 is 0.840 bits per heavy atom. The summed E-state index contributed by atoms with van der Waals surface area (Å²) < 4.78 is 0. The summed E-state index contributed by atoms with van der Waals surface area (Å²) in [5, 5.41) is 2.61. The Hall–Kier alpha value is -3.46. The molecule has 3 heteroatoms. The van der Waals surface area contributed by atoms with Crippen LogP contribution in [0.3, 0.4) is 0 Å². The van der Waals surface area contributed by atoms with E-state index in [2.05, 4.69) is 63.5 Å². The van der Waals surface area contributed by atoms with E-state index in [0.717, 1.165) is 0 Å². The van der Waals surface area contributed by atoms with Gasteiger partial charge in [0, 0.05) is 46.6 Å². The van der Waals surface area contributed by atoms with E-state index in [0.29, 0.717) is 0 Å². The third kappa shape index (κ3) is 4.75. The smallest absolute Gasteiger partial charge is 0.0464 e. The molecule has 122 valence electrons. The van der Waals surface area contributed by atoms with E-state index in [1.807, 2.05) is 36.4 Å². The molecule has 5 aromatic rings. The summed E-state index contributed by atoms with van der Waals surface area (Å²) in [6.07, 6.45) is 7.00. The van der Waals surface area contributed by atoms with Crippen molar-refractivity contribution < 1.29 is 0 Å². The molecule has 25 heavy (non-hydrogen) atoms. The van der Waals surface area contributed by atoms with Gasteiger partial charge in [-0.3, -0.25) is 9.97 Å². The molecule has 3 heterocycles. The number of fused-ring (bicyclic) bond motifs is 3. The van der Waals surface area contributed by atoms with Gasteiger partial charge in [0.15, 0.2) is 0 Å². The van der Waals surface area contributed by atoms with E-state index < -0.39 is 0 Å². The lowest BCUT2D eigenvalue weighted by Gasteiger charge is -1.87. The number of pyridine rings is 2. The highest BCUT2D eigenvalue weighted by atomic mass is 14.7. The maximum Gasteiger partial charge on any atom is 0.0464 e. The third-order valence-corrected chi connectivity index (χ3v) is 3.55. The number of para-hydroxylation sites is 2. The van der Waals surface area contributed by atoms with Crippen molar-refractivity contribution in [1.82, 2.24) is 15.0 Å². The zero-order valence-corrected chi connectivity index (χ0v) is 13.8. The third-order valence-electron chi connectivity index (χ3n) is 3.55. The zero-order chi connectivity index (χ0) is 17.2. The van der Waals surface area contributed by atoms with Crippen molar-refractivity contribution in [3.05, 3.63) is 110 Å². The fraction of sp³-hybridized carbons (Fsp3) is 0. The predicted molar refractivity (Wildman–Crippen MR) is 104 cm³/mol. The summed E-state index contributed by atoms with van der Waals surface area (Å²) >= 11 is 0. The molecule has 2 aromatic carbocycles. The van der Waals surface area contributed by atoms with Gasteiger partial charge in [-0.05, 0) is 36.4 Å². The van der Waals surface area contributed by atoms with Gasteiger partial charge in [-0.15, -0.1) is 0 Å². The Balaban J connectivity index is 0.000000127. The minimum Gasteiger partial charge on any atom is -0.355 e. The van der Waals surface area contributed by atoms with Gasteiger partial charge in [-0.25, -0.2) is 0 Å². The van der Waals surface area contributed by atoms with Gasteiger partial charge < -0.3 is 4.98 Å². The second-order valence-corrected chi connectivity index (χ2v) is 5.27. The van der Waals surface area contributed by atoms with Gasteiger partial charge in [-0.1, -0.05) is 48.5 Å². The molecule has 0 radical (unpaired) electrons. The predicted octanol–water partition coefficient (Wildman–Crippen LogP) is 5.48. The molecule has 0 saturated carbocycles. The average Bonchev–Trinajstić information content (AvgIpc) is 3.10. The number of rotatable bonds is 0. The van der Waals surface area contributed by atoms with Crippen LogP contribution in [0.25, 0.3) is 21.8 Å². The van der Waals surface area contributed by atoms with Gasteiger partial charge in [-0.2, -0.15) is 0 Å². The second-order valence-electron chi connectivity index (χ2n) is 5.27. The highest BCUT2D eigenvalue weighted by Gasteiger charge is 2.00. The lowest BCUT2D eigenvalue weighted by atomic mass is 10.2. The molecule has 3 nitrogen and oxygen atoms in total. The largest absolute Gasteiger partial charge is 0.355 e. The Morgan fingerprint density at radius 3 is 1.16 bits per heavy atom. The molecule has 0 saturated heterocycles. The van der Waals surface area contributed by atoms with Crippen LogP contribution >= 0.6 is 0 Å². The van der Waals surface area contributed by atoms with Crippen molar-refractivity contribution in [3.63, 3.8) is 0 Å². The minimum absolute atomic E-state index is 1.21. The van der Waals surface area contributed by atoms with Crippen molar-refractivity contribution in [3.8, 4) is 0 Å². The maximum atomic E-state index is 3.78. The molecule has 0 aliphatic rings. The molecule has 0 bridgehead atoms. The van der Waals surface area contributed by atoms with E-state index in [4.69, 9.17) is 0 Å². The number of benzene rings is 2. The quantitative estimate of drug-likeness (QED) is 0.409. The molecule has 0 atom stereocenters. The Morgan fingerprint density at radius 1 is 0.440 bits per heavy atom. The first-order valence-electron chi connectivity index (χ1n) is 8.10. The molecule has 0 aliphatic heterocycles. The molecular formula is C22H19N3. The normalized spacial score (nSPS) is 9.60. The molecule has 1 N–H and O–H groups in total. The maximum absolute atomic E-state index is 3.78. The summed E-state index contributed by atoms with van der Waals surface area (Å²) in [5.74, 6) is 0. The molecule has 0 unspecified atom stereocenters. The van der Waals surface area contributed by atoms with Crippen molar-refractivity contribution >= 4 is 21.8 Å². The second kappa shape index (κ2) is 8.99. The van der Waals surface area contributed by atoms with Crippen LogP contribution in [0.5, 0.6) is 0 Å². The van der Waals surface area contributed by atoms with Gasteiger partial charge in [0.2, 0.25) is 0 Å². The van der Waals surface area contributed by atoms with Gasteiger partial charge in [0.05, 0.1) is 0 Å². The molecule has 0 amide bonds. The number of H-pyrrole nitrogens is 1. The van der Waals surface area contributed by atoms with Crippen LogP contribution in [0.1, 0.15) is 0 Å². The van der Waals surface area contributed by atoms with Crippen LogP contribution in [0, 0.1) is 0 Å². The minimum atomic E-state index is 1.21. The van der Waals surface area contributed by atoms with Gasteiger partial charge in [0.1, 0.15) is 0 Å². The molecule has 0 fully saturated rings. The first-order valence-corrected chi connectivity index (χ1v) is 8.10. The average molecular weight is 325 g/mol. The van der Waals surface area contributed by atoms with Crippen molar-refractivity contribution in [1.29, 1.82) is 0 Å². The summed E-state index contributed by atoms with van der Waals surface area (Å²) in [4.78, 5) is 10.9. The SMILES string of the molecule is c1ccc2c(c1)[nH]c1ccccc12.c1ccncc1.c1ccncc1. The Bertz CT molecular complexity index is 857. The van der Waals surface area contributed by atoms with Crippen molar-refractivity contribution in [2.75, 3.05) is 0 Å². The molecule has 5 rings (SSSR count). The Labute approximate surface area is 147 Å². The van der Waals surface area contributed by atoms with E-state index in [-0.39, 0.29) is 0 Å². The standard InChI is InChI=1S/C12H9N.2C5H5N/c1-3-7-11-9(5-1)10-6-2-4-8-12(10)13-11;2*1-2-4-6-5-3-1/h1-8,13H;2*1-5H. The van der Waals surface area contributed by atoms with Crippen molar-refractivity contribution in [2.45, 2.75) is 0 Å². The number of aromatic nitrogens is 3. The van der Waals surface area contributed by atoms with E-state index >= 15 is 0 Å². The van der Waals surface area contributed by atoms with Gasteiger partial charge in [0.25, 0.3) is 0 Å². The van der Waals surface area contributed by atoms with Crippen LogP contribution in [0.2, 0.25) is 0 Å². The molecule has 0 aliphatic carbocycles. The summed E-state index contributed by atoms with van der Waals surface area (Å²) in [6.45, 7) is 0. The van der Waals surface area contributed by atoms with Gasteiger partial charge >= 0.3 is 0 Å². The first kappa shape index (κ1) is 16.4. The monoisotopic (exact) mass is 325 g/mol. The van der Waals surface area contributed by atoms with Crippen LogP contribution in [-0.4, -0.2) is 15.0 Å². The number of aromatic amines is 1. The molecular weight excluding hydrogens is 306 g/mol. The molecule has 3 aromatic heterocycles. The van der Waals surface area contributed by atoms with Crippen LogP contribution in [0.15, 0.2) is 110 Å². The fourth-order valence-corrected chi connectivity index (χ4v) is 2.42. The lowest BCUT2D eigenvalue weighted by Crippen LogP contribution is -1.62. The number of hydrogen-bond acceptors (Lipinski definition) is 2. The topological polar surface area (TPSA) is 41.6 Å². The van der Waals surface area contributed by atoms with Crippen LogP contribution < -0.4 is 0 Å². The number of nitrogens with one attached hydrogen (secondary N) is 1. The fourth-order valence-electron chi connectivity index (χ4n) is 2.42.